The van der Waals surface area contributed by atoms with Crippen LogP contribution in [0.5, 0.6) is 11.5 Å². The second kappa shape index (κ2) is 14.6. The number of amides is 1. The highest BCUT2D eigenvalue weighted by Gasteiger charge is 2.33. The van der Waals surface area contributed by atoms with Gasteiger partial charge in [-0.25, -0.2) is 0 Å². The molecule has 10 heteroatoms. The number of rotatable bonds is 13. The number of carboxylic acids is 1. The lowest BCUT2D eigenvalue weighted by Gasteiger charge is -2.13. The van der Waals surface area contributed by atoms with Gasteiger partial charge in [0, 0.05) is 21.7 Å². The van der Waals surface area contributed by atoms with Crippen LogP contribution in [0.2, 0.25) is 10.0 Å². The number of hydrogen-bond donors (Lipinski definition) is 1. The molecule has 1 aliphatic rings. The maximum Gasteiger partial charge on any atom is 0.323 e. The van der Waals surface area contributed by atoms with E-state index in [0.29, 0.717) is 45.2 Å². The van der Waals surface area contributed by atoms with Crippen LogP contribution in [-0.4, -0.2) is 46.0 Å². The fourth-order valence-corrected chi connectivity index (χ4v) is 5.49. The van der Waals surface area contributed by atoms with Gasteiger partial charge in [0.1, 0.15) is 22.4 Å². The first-order valence-electron chi connectivity index (χ1n) is 12.6. The van der Waals surface area contributed by atoms with Crippen LogP contribution >= 0.6 is 47.2 Å². The van der Waals surface area contributed by atoms with E-state index in [-0.39, 0.29) is 4.32 Å². The number of aryl methyl sites for hydroxylation is 2. The van der Waals surface area contributed by atoms with Crippen LogP contribution in [0.4, 0.5) is 0 Å². The zero-order chi connectivity index (χ0) is 28.5. The maximum absolute atomic E-state index is 12.8. The third kappa shape index (κ3) is 8.73. The molecule has 0 aliphatic carbocycles. The van der Waals surface area contributed by atoms with Crippen molar-refractivity contribution in [3.8, 4) is 11.5 Å². The van der Waals surface area contributed by atoms with E-state index in [1.165, 1.54) is 5.56 Å². The Bertz CT molecular complexity index is 1390. The first kappa shape index (κ1) is 29.9. The first-order chi connectivity index (χ1) is 19.3. The molecule has 0 unspecified atom stereocenters. The first-order valence-corrected chi connectivity index (χ1v) is 14.6. The van der Waals surface area contributed by atoms with E-state index >= 15 is 0 Å². The Morgan fingerprint density at radius 1 is 0.900 bits per heavy atom. The number of halogens is 2. The summed E-state index contributed by atoms with van der Waals surface area (Å²) < 4.78 is 12.4. The second-order valence-corrected chi connectivity index (χ2v) is 11.6. The molecule has 3 aromatic carbocycles. The molecule has 0 spiro atoms. The summed E-state index contributed by atoms with van der Waals surface area (Å²) in [4.78, 5) is 25.4. The fraction of sp³-hybridized carbons (Fsp3) is 0.233. The van der Waals surface area contributed by atoms with Gasteiger partial charge in [-0.3, -0.25) is 14.5 Å². The minimum atomic E-state index is -1.13. The number of nitrogens with zero attached hydrogens (tertiary/aromatic N) is 1. The summed E-state index contributed by atoms with van der Waals surface area (Å²) in [7, 11) is 0. The standard InChI is InChI=1S/C30H27Cl2NO5S2/c31-23-10-5-20(6-11-23)3-1-15-37-25-14-9-22(17-27-29(36)33(19-28(34)35)30(39)40-27)26(18-25)38-16-2-4-21-7-12-24(32)13-8-21/h5-14,17-18H,1-4,15-16,19H2,(H,34,35). The van der Waals surface area contributed by atoms with Gasteiger partial charge < -0.3 is 14.6 Å². The Kier molecular flexibility index (Phi) is 10.9. The van der Waals surface area contributed by atoms with Gasteiger partial charge in [0.2, 0.25) is 0 Å². The number of carbonyl (C=O) groups is 2. The maximum atomic E-state index is 12.8. The monoisotopic (exact) mass is 615 g/mol. The van der Waals surface area contributed by atoms with Crippen LogP contribution in [0, 0.1) is 0 Å². The van der Waals surface area contributed by atoms with E-state index in [1.807, 2.05) is 66.7 Å². The number of thiocarbonyl (C=S) groups is 1. The van der Waals surface area contributed by atoms with Crippen LogP contribution in [-0.2, 0) is 22.4 Å². The lowest BCUT2D eigenvalue weighted by molar-refractivity contribution is -0.140. The molecule has 1 aliphatic heterocycles. The number of hydrogen-bond acceptors (Lipinski definition) is 6. The Balaban J connectivity index is 1.43. The number of thioether (sulfide) groups is 1. The third-order valence-electron chi connectivity index (χ3n) is 6.01. The number of ether oxygens (including phenoxy) is 2. The van der Waals surface area contributed by atoms with Crippen molar-refractivity contribution in [1.29, 1.82) is 0 Å². The highest BCUT2D eigenvalue weighted by atomic mass is 35.5. The largest absolute Gasteiger partial charge is 0.493 e. The summed E-state index contributed by atoms with van der Waals surface area (Å²) in [6.45, 7) is 0.494. The van der Waals surface area contributed by atoms with Crippen molar-refractivity contribution < 1.29 is 24.2 Å². The molecular weight excluding hydrogens is 589 g/mol. The Hall–Kier alpha value is -3.04. The topological polar surface area (TPSA) is 76.1 Å². The average Bonchev–Trinajstić information content (AvgIpc) is 3.19. The molecule has 0 aromatic heterocycles. The summed E-state index contributed by atoms with van der Waals surface area (Å²) in [6.07, 6.45) is 4.96. The predicted molar refractivity (Wildman–Crippen MR) is 164 cm³/mol. The second-order valence-electron chi connectivity index (χ2n) is 9.02. The molecule has 3 aromatic rings. The van der Waals surface area contributed by atoms with E-state index in [2.05, 4.69) is 0 Å². The third-order valence-corrected chi connectivity index (χ3v) is 7.89. The molecule has 0 saturated carbocycles. The highest BCUT2D eigenvalue weighted by molar-refractivity contribution is 8.26. The number of benzene rings is 3. The van der Waals surface area contributed by atoms with Crippen molar-refractivity contribution in [2.24, 2.45) is 0 Å². The zero-order valence-corrected chi connectivity index (χ0v) is 24.6. The van der Waals surface area contributed by atoms with Crippen molar-refractivity contribution in [3.63, 3.8) is 0 Å². The van der Waals surface area contributed by atoms with Gasteiger partial charge in [0.15, 0.2) is 0 Å². The van der Waals surface area contributed by atoms with Crippen LogP contribution < -0.4 is 9.47 Å². The summed E-state index contributed by atoms with van der Waals surface area (Å²) in [6, 6.07) is 20.9. The van der Waals surface area contributed by atoms with Crippen LogP contribution in [0.1, 0.15) is 29.5 Å². The van der Waals surface area contributed by atoms with Gasteiger partial charge in [-0.1, -0.05) is 71.4 Å². The van der Waals surface area contributed by atoms with Gasteiger partial charge in [-0.2, -0.15) is 0 Å². The predicted octanol–water partition coefficient (Wildman–Crippen LogP) is 7.30. The minimum absolute atomic E-state index is 0.213. The molecule has 6 nitrogen and oxygen atoms in total. The molecule has 1 fully saturated rings. The quantitative estimate of drug-likeness (QED) is 0.123. The van der Waals surface area contributed by atoms with Crippen molar-refractivity contribution in [2.45, 2.75) is 25.7 Å². The average molecular weight is 617 g/mol. The van der Waals surface area contributed by atoms with Crippen LogP contribution in [0.15, 0.2) is 71.6 Å². The summed E-state index contributed by atoms with van der Waals surface area (Å²) in [5.41, 5.74) is 3.03. The lowest BCUT2D eigenvalue weighted by Crippen LogP contribution is -2.33. The number of aliphatic carboxylic acids is 1. The molecule has 1 heterocycles. The van der Waals surface area contributed by atoms with Crippen molar-refractivity contribution >= 4 is 69.5 Å². The molecule has 0 radical (unpaired) electrons. The highest BCUT2D eigenvalue weighted by Crippen LogP contribution is 2.35. The molecule has 1 N–H and O–H groups in total. The molecule has 0 atom stereocenters. The molecule has 1 saturated heterocycles. The molecule has 1 amide bonds. The molecule has 208 valence electrons. The van der Waals surface area contributed by atoms with Gasteiger partial charge >= 0.3 is 5.97 Å². The normalized spacial score (nSPS) is 14.2. The Morgan fingerprint density at radius 3 is 2.05 bits per heavy atom. The van der Waals surface area contributed by atoms with E-state index in [0.717, 1.165) is 47.9 Å². The Morgan fingerprint density at radius 2 is 1.48 bits per heavy atom. The zero-order valence-electron chi connectivity index (χ0n) is 21.5. The van der Waals surface area contributed by atoms with Gasteiger partial charge in [-0.05, 0) is 79.3 Å². The summed E-state index contributed by atoms with van der Waals surface area (Å²) in [5, 5.41) is 10.5. The molecular formula is C30H27Cl2NO5S2. The lowest BCUT2D eigenvalue weighted by atomic mass is 10.1. The smallest absolute Gasteiger partial charge is 0.323 e. The van der Waals surface area contributed by atoms with E-state index in [4.69, 9.17) is 50.0 Å². The van der Waals surface area contributed by atoms with Crippen LogP contribution in [0.3, 0.4) is 0 Å². The van der Waals surface area contributed by atoms with Crippen molar-refractivity contribution in [3.05, 3.63) is 98.4 Å². The summed E-state index contributed by atoms with van der Waals surface area (Å²) >= 11 is 18.2. The van der Waals surface area contributed by atoms with Gasteiger partial charge in [0.05, 0.1) is 18.1 Å². The SMILES string of the molecule is O=C(O)CN1C(=O)C(=Cc2ccc(OCCCc3ccc(Cl)cc3)cc2OCCCc2ccc(Cl)cc2)SC1=S. The number of carbonyl (C=O) groups excluding carboxylic acids is 1. The molecule has 0 bridgehead atoms. The minimum Gasteiger partial charge on any atom is -0.493 e. The van der Waals surface area contributed by atoms with E-state index in [1.54, 1.807) is 6.08 Å². The molecule has 4 rings (SSSR count). The Labute approximate surface area is 252 Å². The van der Waals surface area contributed by atoms with Gasteiger partial charge in [-0.15, -0.1) is 0 Å². The molecule has 40 heavy (non-hydrogen) atoms. The van der Waals surface area contributed by atoms with E-state index < -0.39 is 18.4 Å². The fourth-order valence-electron chi connectivity index (χ4n) is 3.99. The van der Waals surface area contributed by atoms with Crippen molar-refractivity contribution in [2.75, 3.05) is 19.8 Å². The van der Waals surface area contributed by atoms with E-state index in [9.17, 15) is 9.59 Å². The summed E-state index contributed by atoms with van der Waals surface area (Å²) in [5.74, 6) is -0.345. The van der Waals surface area contributed by atoms with Crippen LogP contribution in [0.25, 0.3) is 6.08 Å². The number of carboxylic acid groups (broad SMARTS) is 1. The van der Waals surface area contributed by atoms with Crippen molar-refractivity contribution in [1.82, 2.24) is 4.90 Å². The van der Waals surface area contributed by atoms with Gasteiger partial charge in [0.25, 0.3) is 5.91 Å².